The standard InChI is InChI=1S/C72H36F51NO9/c1-28-22-37(13-4-34(28)25-128-49(125)31-7-16-40(17-8-31)131-46(58(79,80)81)43(52(73,61(88,89)90)62(91,92)93)53(74,63(94,95)96)64(97,98)99)124(38-14-5-35(29(2)23-38)26-129-50(126)32-9-18-41(19-10-32)132-47(59(82,83)84)44(54(75,65(100,101)102)66(103,104)105)55(76,67(106,107)108)68(109,110)111)39-15-6-36(30(3)24-39)27-130-51(127)33-11-20-42(21-12-33)133-48(60(85,86)87)45(56(77,69(112,113)114)70(115,116)117)57(78,71(118,119)120)72(121,122)123/h4-24H,25-27H2,1-3H3. The average molecular weight is 2030 g/mol. The number of alkyl halides is 51. The topological polar surface area (TPSA) is 110 Å². The Morgan fingerprint density at radius 2 is 0.376 bits per heavy atom. The molecule has 0 aliphatic carbocycles. The molecule has 0 unspecified atom stereocenters. The van der Waals surface area contributed by atoms with Gasteiger partial charge < -0.3 is 33.3 Å². The zero-order chi connectivity index (χ0) is 103. The van der Waals surface area contributed by atoms with Crippen LogP contribution in [0.2, 0.25) is 0 Å². The van der Waals surface area contributed by atoms with Crippen LogP contribution >= 0.6 is 0 Å². The first-order chi connectivity index (χ1) is 59.3. The molecule has 10 nitrogen and oxygen atoms in total. The number of esters is 3. The number of anilines is 3. The van der Waals surface area contributed by atoms with Crippen LogP contribution in [0.25, 0.3) is 0 Å². The number of carbonyl (C=O) groups excluding carboxylic acids is 3. The number of aryl methyl sites for hydroxylation is 3. The Kier molecular flexibility index (Phi) is 29.7. The summed E-state index contributed by atoms with van der Waals surface area (Å²) in [5, 5.41) is 0. The van der Waals surface area contributed by atoms with E-state index in [0.717, 1.165) is 54.6 Å². The lowest BCUT2D eigenvalue weighted by molar-refractivity contribution is -0.367. The lowest BCUT2D eigenvalue weighted by atomic mass is 9.79. The number of halogens is 51. The Balaban J connectivity index is 1.41. The summed E-state index contributed by atoms with van der Waals surface area (Å²) in [6, 6.07) is 8.94. The minimum absolute atomic E-state index is 0.0582. The molecule has 0 amide bonds. The van der Waals surface area contributed by atoms with Crippen LogP contribution in [0.1, 0.15) is 64.5 Å². The average Bonchev–Trinajstić information content (AvgIpc) is 0.701. The first-order valence-electron chi connectivity index (χ1n) is 33.6. The van der Waals surface area contributed by atoms with Gasteiger partial charge in [0, 0.05) is 17.1 Å². The molecule has 0 spiro atoms. The molecule has 0 saturated carbocycles. The van der Waals surface area contributed by atoms with Crippen LogP contribution < -0.4 is 19.1 Å². The van der Waals surface area contributed by atoms with Gasteiger partial charge in [0.1, 0.15) is 37.1 Å². The number of nitrogens with zero attached hydrogens (tertiary/aromatic N) is 1. The Hall–Kier alpha value is -11.4. The van der Waals surface area contributed by atoms with Crippen LogP contribution in [0.3, 0.4) is 0 Å². The monoisotopic (exact) mass is 2030 g/mol. The number of hydrogen-bond acceptors (Lipinski definition) is 10. The van der Waals surface area contributed by atoms with E-state index in [4.69, 9.17) is 14.2 Å². The SMILES string of the molecule is Cc1cc(N(c2ccc(COC(=O)c3ccc(OC(=C(C(F)(C(F)(F)F)C(F)(F)F)C(F)(C(F)(F)F)C(F)(F)F)C(F)(F)F)cc3)c(C)c2)c2ccc(COC(=O)c3ccc(OC(=C(C(F)(C(F)(F)F)C(F)(F)F)C(F)(C(F)(F)F)C(F)(F)F)C(F)(F)F)cc3)c(C)c2)ccc1COC(=O)c1ccc(OC(=C(C(F)(C(F)(F)F)C(F)(F)F)C(F)(C(F)(F)F)C(F)(F)F)C(F)(F)F)cc1. The second-order valence-electron chi connectivity index (χ2n) is 26.8. The van der Waals surface area contributed by atoms with E-state index < -0.39 is 232 Å². The van der Waals surface area contributed by atoms with Crippen molar-refractivity contribution in [2.24, 2.45) is 0 Å². The van der Waals surface area contributed by atoms with E-state index in [0.29, 0.717) is 0 Å². The highest BCUT2D eigenvalue weighted by atomic mass is 19.5. The van der Waals surface area contributed by atoms with Crippen molar-refractivity contribution in [3.63, 3.8) is 0 Å². The molecule has 133 heavy (non-hydrogen) atoms. The third kappa shape index (κ3) is 21.2. The Morgan fingerprint density at radius 1 is 0.226 bits per heavy atom. The van der Waals surface area contributed by atoms with Gasteiger partial charge in [0.25, 0.3) is 0 Å². The first kappa shape index (κ1) is 110. The van der Waals surface area contributed by atoms with Gasteiger partial charge in [-0.15, -0.1) is 0 Å². The normalized spacial score (nSPS) is 14.1. The molecule has 0 radical (unpaired) electrons. The van der Waals surface area contributed by atoms with Crippen LogP contribution in [-0.2, 0) is 34.0 Å². The molecule has 740 valence electrons. The second-order valence-corrected chi connectivity index (χ2v) is 26.8. The summed E-state index contributed by atoms with van der Waals surface area (Å²) < 4.78 is 743. The van der Waals surface area contributed by atoms with Crippen molar-refractivity contribution in [1.29, 1.82) is 0 Å². The molecule has 0 atom stereocenters. The van der Waals surface area contributed by atoms with Gasteiger partial charge in [-0.05, 0) is 163 Å². The van der Waals surface area contributed by atoms with Crippen molar-refractivity contribution >= 4 is 35.0 Å². The highest BCUT2D eigenvalue weighted by molar-refractivity contribution is 5.91. The van der Waals surface area contributed by atoms with Gasteiger partial charge in [0.15, 0.2) is 0 Å². The van der Waals surface area contributed by atoms with Crippen LogP contribution in [0.5, 0.6) is 17.2 Å². The lowest BCUT2D eigenvalue weighted by Gasteiger charge is -2.41. The predicted octanol–water partition coefficient (Wildman–Crippen LogP) is 27.7. The fourth-order valence-corrected chi connectivity index (χ4v) is 11.5. The molecule has 0 saturated heterocycles. The molecule has 0 fully saturated rings. The molecule has 6 aromatic carbocycles. The smallest absolute Gasteiger partial charge is 0.449 e. The Bertz CT molecular complexity index is 4600. The summed E-state index contributed by atoms with van der Waals surface area (Å²) in [5.74, 6) is -26.2. The predicted molar refractivity (Wildman–Crippen MR) is 339 cm³/mol. The van der Waals surface area contributed by atoms with Gasteiger partial charge in [0.05, 0.1) is 33.4 Å². The van der Waals surface area contributed by atoms with Gasteiger partial charge in [-0.2, -0.15) is 198 Å². The number of carbonyl (C=O) groups is 3. The molecule has 0 aliphatic heterocycles. The van der Waals surface area contributed by atoms with Gasteiger partial charge in [-0.25, -0.2) is 40.7 Å². The van der Waals surface area contributed by atoms with Crippen molar-refractivity contribution in [3.05, 3.63) is 211 Å². The quantitative estimate of drug-likeness (QED) is 0.0251. The van der Waals surface area contributed by atoms with E-state index in [1.54, 1.807) is 0 Å². The van der Waals surface area contributed by atoms with Crippen LogP contribution in [0.4, 0.5) is 241 Å². The third-order valence-electron chi connectivity index (χ3n) is 18.0. The number of hydrogen-bond donors (Lipinski definition) is 0. The number of rotatable bonds is 24. The molecule has 0 aliphatic rings. The zero-order valence-electron chi connectivity index (χ0n) is 63.1. The van der Waals surface area contributed by atoms with E-state index in [1.165, 1.54) is 25.7 Å². The van der Waals surface area contributed by atoms with Crippen LogP contribution in [-0.4, -0.2) is 145 Å². The summed E-state index contributed by atoms with van der Waals surface area (Å²) >= 11 is 0. The summed E-state index contributed by atoms with van der Waals surface area (Å²) in [5.41, 5.74) is -73.2. The molecule has 0 heterocycles. The van der Waals surface area contributed by atoms with E-state index in [2.05, 4.69) is 14.2 Å². The molecular weight excluding hydrogens is 1990 g/mol. The molecule has 6 aromatic rings. The minimum Gasteiger partial charge on any atom is -0.457 e. The minimum atomic E-state index is -8.58. The van der Waals surface area contributed by atoms with Gasteiger partial charge >= 0.3 is 145 Å². The Labute approximate surface area is 701 Å². The van der Waals surface area contributed by atoms with E-state index in [1.807, 2.05) is 0 Å². The van der Waals surface area contributed by atoms with E-state index in [9.17, 15) is 212 Å². The largest absolute Gasteiger partial charge is 0.457 e. The molecule has 0 aromatic heterocycles. The van der Waals surface area contributed by atoms with Crippen molar-refractivity contribution in [2.75, 3.05) is 4.90 Å². The maximum Gasteiger partial charge on any atom is 0.449 e. The van der Waals surface area contributed by atoms with Crippen molar-refractivity contribution in [2.45, 2.75) is 167 Å². The summed E-state index contributed by atoms with van der Waals surface area (Å²) in [7, 11) is 0. The fourth-order valence-electron chi connectivity index (χ4n) is 11.5. The van der Waals surface area contributed by atoms with E-state index in [-0.39, 0.29) is 123 Å². The molecular formula is C72H36F51NO9. The summed E-state index contributed by atoms with van der Waals surface area (Å²) in [6.45, 7) is 0.441. The van der Waals surface area contributed by atoms with Gasteiger partial charge in [0.2, 0.25) is 17.3 Å². The van der Waals surface area contributed by atoms with Crippen molar-refractivity contribution < 1.29 is 267 Å². The van der Waals surface area contributed by atoms with E-state index >= 15 is 26.3 Å². The van der Waals surface area contributed by atoms with Crippen molar-refractivity contribution in [3.8, 4) is 17.2 Å². The molecule has 0 N–H and O–H groups in total. The zero-order valence-corrected chi connectivity index (χ0v) is 63.1. The molecule has 61 heteroatoms. The molecule has 0 bridgehead atoms. The summed E-state index contributed by atoms with van der Waals surface area (Å²) in [4.78, 5) is 40.9. The van der Waals surface area contributed by atoms with Crippen molar-refractivity contribution in [1.82, 2.24) is 0 Å². The fraction of sp³-hybridized carbons (Fsp3) is 0.375. The number of ether oxygens (including phenoxy) is 6. The highest BCUT2D eigenvalue weighted by Gasteiger charge is 2.92. The first-order valence-corrected chi connectivity index (χ1v) is 33.6. The lowest BCUT2D eigenvalue weighted by Crippen LogP contribution is -2.67. The van der Waals surface area contributed by atoms with Gasteiger partial charge in [-0.3, -0.25) is 0 Å². The number of allylic oxidation sites excluding steroid dienone is 6. The molecule has 6 rings (SSSR count). The van der Waals surface area contributed by atoms with Crippen LogP contribution in [0.15, 0.2) is 161 Å². The highest BCUT2D eigenvalue weighted by Crippen LogP contribution is 2.68. The second kappa shape index (κ2) is 35.8. The Morgan fingerprint density at radius 3 is 0.504 bits per heavy atom. The number of benzene rings is 6. The van der Waals surface area contributed by atoms with Crippen LogP contribution in [0, 0.1) is 20.8 Å². The maximum atomic E-state index is 15.3. The third-order valence-corrected chi connectivity index (χ3v) is 18.0. The maximum absolute atomic E-state index is 15.3. The summed E-state index contributed by atoms with van der Waals surface area (Å²) in [6.07, 6.45) is -123. The van der Waals surface area contributed by atoms with Gasteiger partial charge in [-0.1, -0.05) is 18.2 Å².